The van der Waals surface area contributed by atoms with Crippen molar-refractivity contribution in [2.24, 2.45) is 5.41 Å². The summed E-state index contributed by atoms with van der Waals surface area (Å²) in [6.07, 6.45) is 9.99. The minimum Gasteiger partial charge on any atom is -0.383 e. The average Bonchev–Trinajstić information content (AvgIpc) is 3.02. The Labute approximate surface area is 168 Å². The van der Waals surface area contributed by atoms with Crippen molar-refractivity contribution < 1.29 is 0 Å². The normalized spacial score (nSPS) is 12.3. The first kappa shape index (κ1) is 20.1. The molecule has 0 bridgehead atoms. The van der Waals surface area contributed by atoms with Crippen molar-refractivity contribution in [1.82, 2.24) is 4.98 Å². The quantitative estimate of drug-likeness (QED) is 0.409. The predicted molar refractivity (Wildman–Crippen MR) is 122 cm³/mol. The summed E-state index contributed by atoms with van der Waals surface area (Å²) in [4.78, 5) is 6.12. The minimum absolute atomic E-state index is 0.466. The summed E-state index contributed by atoms with van der Waals surface area (Å²) in [6.45, 7) is 9.21. The van der Waals surface area contributed by atoms with E-state index in [1.165, 1.54) is 52.6 Å². The lowest BCUT2D eigenvalue weighted by Crippen LogP contribution is -2.03. The number of thiophene rings is 1. The van der Waals surface area contributed by atoms with Gasteiger partial charge >= 0.3 is 0 Å². The maximum atomic E-state index is 6.27. The van der Waals surface area contributed by atoms with Crippen LogP contribution in [0.3, 0.4) is 0 Å². The van der Waals surface area contributed by atoms with Gasteiger partial charge in [0.2, 0.25) is 0 Å². The van der Waals surface area contributed by atoms with Crippen molar-refractivity contribution in [2.75, 3.05) is 5.73 Å². The number of pyridine rings is 1. The fourth-order valence-corrected chi connectivity index (χ4v) is 5.05. The van der Waals surface area contributed by atoms with Crippen LogP contribution >= 0.6 is 11.3 Å². The highest BCUT2D eigenvalue weighted by atomic mass is 32.1. The maximum absolute atomic E-state index is 6.27. The first-order valence-corrected chi connectivity index (χ1v) is 11.3. The van der Waals surface area contributed by atoms with Crippen LogP contribution in [-0.4, -0.2) is 4.98 Å². The van der Waals surface area contributed by atoms with Crippen LogP contribution in [0, 0.1) is 5.41 Å². The Morgan fingerprint density at radius 1 is 0.963 bits per heavy atom. The van der Waals surface area contributed by atoms with Crippen LogP contribution in [0.5, 0.6) is 0 Å². The van der Waals surface area contributed by atoms with Gasteiger partial charge in [-0.15, -0.1) is 11.3 Å². The van der Waals surface area contributed by atoms with Gasteiger partial charge in [-0.25, -0.2) is 4.98 Å². The fourth-order valence-electron chi connectivity index (χ4n) is 3.75. The molecule has 0 saturated heterocycles. The first-order valence-electron chi connectivity index (χ1n) is 10.5. The largest absolute Gasteiger partial charge is 0.383 e. The van der Waals surface area contributed by atoms with Crippen molar-refractivity contribution in [1.29, 1.82) is 0 Å². The van der Waals surface area contributed by atoms with Crippen LogP contribution in [0.25, 0.3) is 21.0 Å². The molecule has 146 valence electrons. The van der Waals surface area contributed by atoms with E-state index in [0.717, 1.165) is 30.2 Å². The van der Waals surface area contributed by atoms with Crippen molar-refractivity contribution in [2.45, 2.75) is 79.1 Å². The van der Waals surface area contributed by atoms with Crippen molar-refractivity contribution >= 4 is 38.1 Å². The van der Waals surface area contributed by atoms with Gasteiger partial charge < -0.3 is 5.73 Å². The molecule has 0 unspecified atom stereocenters. The summed E-state index contributed by atoms with van der Waals surface area (Å²) in [7, 11) is 0. The van der Waals surface area contributed by atoms with Crippen LogP contribution in [0.1, 0.15) is 76.7 Å². The molecule has 2 aromatic heterocycles. The topological polar surface area (TPSA) is 38.9 Å². The van der Waals surface area contributed by atoms with E-state index in [0.29, 0.717) is 11.2 Å². The number of nitrogens with two attached hydrogens (primary N) is 1. The summed E-state index contributed by atoms with van der Waals surface area (Å²) >= 11 is 1.88. The SMILES string of the molecule is CCCc1cc2c(N)nc3cc(CCCCCCC(C)(C)C)ccc3c2s1. The predicted octanol–water partition coefficient (Wildman–Crippen LogP) is 7.52. The van der Waals surface area contributed by atoms with Crippen LogP contribution in [0.4, 0.5) is 5.82 Å². The third-order valence-electron chi connectivity index (χ3n) is 5.25. The molecule has 1 aromatic carbocycles. The third-order valence-corrected chi connectivity index (χ3v) is 6.47. The number of unbranched alkanes of at least 4 members (excludes halogenated alkanes) is 3. The van der Waals surface area contributed by atoms with E-state index in [1.54, 1.807) is 0 Å². The summed E-state index contributed by atoms with van der Waals surface area (Å²) in [5.74, 6) is 0.676. The molecule has 3 rings (SSSR count). The number of aromatic nitrogens is 1. The van der Waals surface area contributed by atoms with Gasteiger partial charge in [0.05, 0.1) is 5.52 Å². The lowest BCUT2D eigenvalue weighted by Gasteiger charge is -2.17. The fraction of sp³-hybridized carbons (Fsp3) is 0.542. The third kappa shape index (κ3) is 5.22. The molecule has 0 amide bonds. The van der Waals surface area contributed by atoms with Gasteiger partial charge in [0, 0.05) is 20.3 Å². The molecule has 0 spiro atoms. The number of anilines is 1. The summed E-state index contributed by atoms with van der Waals surface area (Å²) < 4.78 is 1.30. The van der Waals surface area contributed by atoms with Crippen LogP contribution in [0.2, 0.25) is 0 Å². The Morgan fingerprint density at radius 2 is 1.74 bits per heavy atom. The Kier molecular flexibility index (Phi) is 6.41. The molecular weight excluding hydrogens is 348 g/mol. The number of aryl methyl sites for hydroxylation is 2. The second kappa shape index (κ2) is 8.60. The Balaban J connectivity index is 1.67. The van der Waals surface area contributed by atoms with E-state index in [4.69, 9.17) is 10.7 Å². The molecule has 0 atom stereocenters. The van der Waals surface area contributed by atoms with Gasteiger partial charge in [0.25, 0.3) is 0 Å². The molecule has 0 fully saturated rings. The number of fused-ring (bicyclic) bond motifs is 3. The van der Waals surface area contributed by atoms with E-state index < -0.39 is 0 Å². The molecule has 0 aliphatic rings. The van der Waals surface area contributed by atoms with Crippen molar-refractivity contribution in [3.8, 4) is 0 Å². The highest BCUT2D eigenvalue weighted by molar-refractivity contribution is 7.20. The zero-order valence-electron chi connectivity index (χ0n) is 17.4. The van der Waals surface area contributed by atoms with Gasteiger partial charge in [-0.05, 0) is 48.8 Å². The van der Waals surface area contributed by atoms with Gasteiger partial charge in [-0.1, -0.05) is 65.5 Å². The zero-order valence-corrected chi connectivity index (χ0v) is 18.2. The molecule has 27 heavy (non-hydrogen) atoms. The Bertz CT molecular complexity index is 902. The monoisotopic (exact) mass is 382 g/mol. The molecule has 3 heteroatoms. The smallest absolute Gasteiger partial charge is 0.132 e. The van der Waals surface area contributed by atoms with E-state index in [-0.39, 0.29) is 0 Å². The van der Waals surface area contributed by atoms with E-state index in [1.807, 2.05) is 11.3 Å². The minimum atomic E-state index is 0.466. The van der Waals surface area contributed by atoms with Gasteiger partial charge in [0.15, 0.2) is 0 Å². The van der Waals surface area contributed by atoms with E-state index in [9.17, 15) is 0 Å². The standard InChI is InChI=1S/C24H34N2S/c1-5-10-18-16-20-22(27-18)19-13-12-17(15-21(19)26-23(20)25)11-8-6-7-9-14-24(2,3)4/h12-13,15-16H,5-11,14H2,1-4H3,(H2,25,26). The second-order valence-electron chi connectivity index (χ2n) is 9.03. The first-order chi connectivity index (χ1) is 12.9. The molecular formula is C24H34N2S. The average molecular weight is 383 g/mol. The van der Waals surface area contributed by atoms with Crippen LogP contribution in [0.15, 0.2) is 24.3 Å². The van der Waals surface area contributed by atoms with Crippen LogP contribution < -0.4 is 5.73 Å². The number of benzene rings is 1. The molecule has 0 saturated carbocycles. The molecule has 3 aromatic rings. The molecule has 2 heterocycles. The molecule has 0 aliphatic carbocycles. The lowest BCUT2D eigenvalue weighted by molar-refractivity contribution is 0.357. The van der Waals surface area contributed by atoms with Gasteiger partial charge in [-0.3, -0.25) is 0 Å². The summed E-state index contributed by atoms with van der Waals surface area (Å²) in [6, 6.07) is 9.02. The second-order valence-corrected chi connectivity index (χ2v) is 10.2. The zero-order chi connectivity index (χ0) is 19.4. The number of nitrogens with zero attached hydrogens (tertiary/aromatic N) is 1. The van der Waals surface area contributed by atoms with Gasteiger partial charge in [-0.2, -0.15) is 0 Å². The Morgan fingerprint density at radius 3 is 2.48 bits per heavy atom. The molecule has 2 N–H and O–H groups in total. The maximum Gasteiger partial charge on any atom is 0.132 e. The number of rotatable bonds is 8. The van der Waals surface area contributed by atoms with Crippen LogP contribution in [-0.2, 0) is 12.8 Å². The van der Waals surface area contributed by atoms with Gasteiger partial charge in [0.1, 0.15) is 5.82 Å². The van der Waals surface area contributed by atoms with Crippen molar-refractivity contribution in [3.63, 3.8) is 0 Å². The lowest BCUT2D eigenvalue weighted by atomic mass is 9.89. The molecule has 2 nitrogen and oxygen atoms in total. The number of hydrogen-bond acceptors (Lipinski definition) is 3. The highest BCUT2D eigenvalue weighted by Gasteiger charge is 2.11. The van der Waals surface area contributed by atoms with E-state index >= 15 is 0 Å². The Hall–Kier alpha value is -1.61. The summed E-state index contributed by atoms with van der Waals surface area (Å²) in [5.41, 5.74) is 9.17. The molecule has 0 radical (unpaired) electrons. The number of nitrogen functional groups attached to an aromatic ring is 1. The summed E-state index contributed by atoms with van der Waals surface area (Å²) in [5, 5.41) is 2.38. The number of hydrogen-bond donors (Lipinski definition) is 1. The van der Waals surface area contributed by atoms with Crippen molar-refractivity contribution in [3.05, 3.63) is 34.7 Å². The molecule has 0 aliphatic heterocycles. The highest BCUT2D eigenvalue weighted by Crippen LogP contribution is 2.35. The van der Waals surface area contributed by atoms with E-state index in [2.05, 4.69) is 52.0 Å².